The van der Waals surface area contributed by atoms with Crippen LogP contribution in [0.1, 0.15) is 12.5 Å². The number of rotatable bonds is 6. The number of aromatic nitrogens is 3. The molecule has 0 aliphatic rings. The topological polar surface area (TPSA) is 65.0 Å². The largest absolute Gasteiger partial charge is 0.455 e. The van der Waals surface area contributed by atoms with Gasteiger partial charge in [-0.05, 0) is 52.8 Å². The van der Waals surface area contributed by atoms with Crippen molar-refractivity contribution in [2.75, 3.05) is 0 Å². The molecule has 0 fully saturated rings. The summed E-state index contributed by atoms with van der Waals surface area (Å²) in [7, 11) is 0. The van der Waals surface area contributed by atoms with E-state index in [1.807, 2.05) is 55.5 Å². The highest BCUT2D eigenvalue weighted by atomic mass is 16.3. The number of allylic oxidation sites excluding steroid dienone is 1. The van der Waals surface area contributed by atoms with Gasteiger partial charge in [0, 0.05) is 49.2 Å². The molecule has 0 bridgehead atoms. The molecule has 0 saturated carbocycles. The van der Waals surface area contributed by atoms with E-state index in [1.54, 1.807) is 0 Å². The molecule has 0 N–H and O–H groups in total. The molecule has 268 valence electrons. The van der Waals surface area contributed by atoms with Crippen LogP contribution in [0, 0.1) is 0 Å². The highest BCUT2D eigenvalue weighted by Crippen LogP contribution is 2.44. The van der Waals surface area contributed by atoms with Gasteiger partial charge in [0.15, 0.2) is 17.5 Å². The predicted octanol–water partition coefficient (Wildman–Crippen LogP) is 14.2. The van der Waals surface area contributed by atoms with Gasteiger partial charge in [-0.1, -0.05) is 164 Å². The fraction of sp³-hybridized carbons (Fsp3) is 0.0192. The van der Waals surface area contributed by atoms with Gasteiger partial charge in [-0.3, -0.25) is 0 Å². The summed E-state index contributed by atoms with van der Waals surface area (Å²) >= 11 is 0. The lowest BCUT2D eigenvalue weighted by atomic mass is 9.96. The first kappa shape index (κ1) is 32.8. The second-order valence-corrected chi connectivity index (χ2v) is 14.2. The molecule has 5 nitrogen and oxygen atoms in total. The van der Waals surface area contributed by atoms with Crippen LogP contribution in [0.15, 0.2) is 185 Å². The second-order valence-electron chi connectivity index (χ2n) is 14.2. The van der Waals surface area contributed by atoms with Crippen molar-refractivity contribution in [2.45, 2.75) is 6.92 Å². The Morgan fingerprint density at radius 1 is 0.386 bits per heavy atom. The first-order valence-electron chi connectivity index (χ1n) is 19.1. The van der Waals surface area contributed by atoms with Gasteiger partial charge in [-0.2, -0.15) is 0 Å². The molecule has 11 aromatic rings. The number of hydrogen-bond donors (Lipinski definition) is 0. The zero-order valence-electron chi connectivity index (χ0n) is 31.0. The Morgan fingerprint density at radius 3 is 1.75 bits per heavy atom. The molecule has 0 unspecified atom stereocenters. The van der Waals surface area contributed by atoms with Crippen molar-refractivity contribution < 1.29 is 8.83 Å². The molecule has 0 spiro atoms. The number of benzene rings is 8. The van der Waals surface area contributed by atoms with E-state index in [0.717, 1.165) is 88.0 Å². The van der Waals surface area contributed by atoms with Gasteiger partial charge < -0.3 is 8.83 Å². The van der Waals surface area contributed by atoms with E-state index in [9.17, 15) is 0 Å². The Morgan fingerprint density at radius 2 is 0.947 bits per heavy atom. The molecule has 11 rings (SSSR count). The van der Waals surface area contributed by atoms with Crippen molar-refractivity contribution in [3.63, 3.8) is 0 Å². The van der Waals surface area contributed by atoms with Crippen molar-refractivity contribution in [1.29, 1.82) is 0 Å². The van der Waals surface area contributed by atoms with E-state index >= 15 is 0 Å². The van der Waals surface area contributed by atoms with Gasteiger partial charge in [0.05, 0.1) is 0 Å². The van der Waals surface area contributed by atoms with Gasteiger partial charge in [0.25, 0.3) is 0 Å². The van der Waals surface area contributed by atoms with Crippen molar-refractivity contribution in [2.24, 2.45) is 0 Å². The number of fused-ring (bicyclic) bond motifs is 8. The molecule has 57 heavy (non-hydrogen) atoms. The van der Waals surface area contributed by atoms with Crippen LogP contribution in [0.3, 0.4) is 0 Å². The lowest BCUT2D eigenvalue weighted by Gasteiger charge is -2.10. The summed E-state index contributed by atoms with van der Waals surface area (Å²) in [5.74, 6) is 1.79. The van der Waals surface area contributed by atoms with Crippen molar-refractivity contribution in [3.05, 3.63) is 181 Å². The minimum absolute atomic E-state index is 0.579. The molecule has 0 aliphatic heterocycles. The minimum Gasteiger partial charge on any atom is -0.455 e. The Kier molecular flexibility index (Phi) is 7.64. The maximum absolute atomic E-state index is 6.81. The van der Waals surface area contributed by atoms with Crippen LogP contribution in [0.25, 0.3) is 117 Å². The molecule has 5 heteroatoms. The van der Waals surface area contributed by atoms with Crippen molar-refractivity contribution in [3.8, 4) is 56.4 Å². The van der Waals surface area contributed by atoms with E-state index < -0.39 is 0 Å². The maximum Gasteiger partial charge on any atom is 0.164 e. The monoisotopic (exact) mass is 731 g/mol. The second kappa shape index (κ2) is 13.3. The van der Waals surface area contributed by atoms with E-state index in [-0.39, 0.29) is 0 Å². The lowest BCUT2D eigenvalue weighted by Crippen LogP contribution is -2.00. The first-order chi connectivity index (χ1) is 28.2. The standard InChI is InChI=1S/C52H33N3O2/c1-2-13-32-14-6-8-18-37(32)34-26-28-36(29-27-34)51-53-50(35-16-4-3-5-17-35)54-52(55-51)43-23-12-25-45-47(43)41-22-10-21-40(49(41)57-45)39-20-11-24-44-46(39)42-31-30-33-15-7-9-19-38(33)48(42)56-44/h2-31H,1H3/b13-2-. The fourth-order valence-electron chi connectivity index (χ4n) is 8.25. The molecule has 0 saturated heterocycles. The molecular weight excluding hydrogens is 699 g/mol. The van der Waals surface area contributed by atoms with E-state index in [2.05, 4.69) is 133 Å². The fourth-order valence-corrected chi connectivity index (χ4v) is 8.25. The Balaban J connectivity index is 1.09. The zero-order chi connectivity index (χ0) is 37.9. The first-order valence-corrected chi connectivity index (χ1v) is 19.1. The van der Waals surface area contributed by atoms with Gasteiger partial charge >= 0.3 is 0 Å². The summed E-state index contributed by atoms with van der Waals surface area (Å²) in [6.07, 6.45) is 4.20. The summed E-state index contributed by atoms with van der Waals surface area (Å²) in [6, 6.07) is 58.4. The normalized spacial score (nSPS) is 11.9. The van der Waals surface area contributed by atoms with Crippen molar-refractivity contribution >= 4 is 60.7 Å². The van der Waals surface area contributed by atoms with Crippen molar-refractivity contribution in [1.82, 2.24) is 15.0 Å². The molecule has 8 aromatic carbocycles. The summed E-state index contributed by atoms with van der Waals surface area (Å²) in [5, 5.41) is 6.34. The van der Waals surface area contributed by atoms with Crippen LogP contribution in [-0.2, 0) is 0 Å². The smallest absolute Gasteiger partial charge is 0.164 e. The predicted molar refractivity (Wildman–Crippen MR) is 234 cm³/mol. The summed E-state index contributed by atoms with van der Waals surface area (Å²) < 4.78 is 13.4. The lowest BCUT2D eigenvalue weighted by molar-refractivity contribution is 0.670. The number of furan rings is 2. The maximum atomic E-state index is 6.81. The zero-order valence-corrected chi connectivity index (χ0v) is 31.0. The van der Waals surface area contributed by atoms with Crippen LogP contribution < -0.4 is 0 Å². The Hall–Kier alpha value is -7.63. The van der Waals surface area contributed by atoms with Gasteiger partial charge in [-0.15, -0.1) is 0 Å². The van der Waals surface area contributed by atoms with E-state index in [1.165, 1.54) is 11.1 Å². The average Bonchev–Trinajstić information content (AvgIpc) is 3.86. The molecule has 0 atom stereocenters. The highest BCUT2D eigenvalue weighted by molar-refractivity contribution is 6.22. The third-order valence-electron chi connectivity index (χ3n) is 10.9. The third-order valence-corrected chi connectivity index (χ3v) is 10.9. The van der Waals surface area contributed by atoms with E-state index in [0.29, 0.717) is 17.5 Å². The minimum atomic E-state index is 0.579. The molecule has 0 aliphatic carbocycles. The van der Waals surface area contributed by atoms with E-state index in [4.69, 9.17) is 23.8 Å². The van der Waals surface area contributed by atoms with Gasteiger partial charge in [0.1, 0.15) is 22.3 Å². The van der Waals surface area contributed by atoms with Crippen LogP contribution >= 0.6 is 0 Å². The third kappa shape index (κ3) is 5.43. The number of para-hydroxylation sites is 1. The van der Waals surface area contributed by atoms with Gasteiger partial charge in [0.2, 0.25) is 0 Å². The number of hydrogen-bond acceptors (Lipinski definition) is 5. The molecular formula is C52H33N3O2. The molecule has 3 aromatic heterocycles. The molecule has 3 heterocycles. The van der Waals surface area contributed by atoms with Crippen LogP contribution in [0.4, 0.5) is 0 Å². The van der Waals surface area contributed by atoms with Crippen LogP contribution in [0.2, 0.25) is 0 Å². The quantitative estimate of drug-likeness (QED) is 0.170. The average molecular weight is 732 g/mol. The Labute approximate surface area is 328 Å². The molecule has 0 radical (unpaired) electrons. The summed E-state index contributed by atoms with van der Waals surface area (Å²) in [6.45, 7) is 2.04. The highest BCUT2D eigenvalue weighted by Gasteiger charge is 2.22. The van der Waals surface area contributed by atoms with Gasteiger partial charge in [-0.25, -0.2) is 15.0 Å². The summed E-state index contributed by atoms with van der Waals surface area (Å²) in [5.41, 5.74) is 11.5. The number of nitrogens with zero attached hydrogens (tertiary/aromatic N) is 3. The van der Waals surface area contributed by atoms with Crippen LogP contribution in [0.5, 0.6) is 0 Å². The van der Waals surface area contributed by atoms with Crippen LogP contribution in [-0.4, -0.2) is 15.0 Å². The SMILES string of the molecule is C/C=C\c1ccccc1-c1ccc(-c2nc(-c3ccccc3)nc(-c3cccc4oc5c(-c6cccc7oc8c9ccccc9ccc8c67)cccc5c34)n2)cc1. The summed E-state index contributed by atoms with van der Waals surface area (Å²) in [4.78, 5) is 15.3. The Bertz CT molecular complexity index is 3360. The molecule has 0 amide bonds.